The van der Waals surface area contributed by atoms with E-state index in [4.69, 9.17) is 4.74 Å². The van der Waals surface area contributed by atoms with Crippen molar-refractivity contribution in [2.24, 2.45) is 0 Å². The Balaban J connectivity index is 1.65. The Hall–Kier alpha value is -3.41. The number of aryl methyl sites for hydroxylation is 1. The summed E-state index contributed by atoms with van der Waals surface area (Å²) in [7, 11) is 0. The molecule has 1 heterocycles. The van der Waals surface area contributed by atoms with Crippen LogP contribution in [0.5, 0.6) is 5.75 Å². The molecule has 0 bridgehead atoms. The van der Waals surface area contributed by atoms with Crippen LogP contribution in [-0.4, -0.2) is 22.5 Å². The summed E-state index contributed by atoms with van der Waals surface area (Å²) >= 11 is 0. The second kappa shape index (κ2) is 8.31. The minimum atomic E-state index is -0.266. The van der Waals surface area contributed by atoms with Crippen LogP contribution in [0, 0.1) is 13.8 Å². The molecule has 138 valence electrons. The van der Waals surface area contributed by atoms with Gasteiger partial charge in [0.2, 0.25) is 5.95 Å². The molecule has 3 rings (SSSR count). The van der Waals surface area contributed by atoms with Crippen molar-refractivity contribution in [2.75, 3.05) is 17.2 Å². The van der Waals surface area contributed by atoms with Crippen LogP contribution in [0.4, 0.5) is 17.3 Å². The largest absolute Gasteiger partial charge is 0.494 e. The van der Waals surface area contributed by atoms with Crippen LogP contribution in [0.2, 0.25) is 0 Å². The van der Waals surface area contributed by atoms with Gasteiger partial charge < -0.3 is 15.4 Å². The van der Waals surface area contributed by atoms with E-state index in [0.717, 1.165) is 17.0 Å². The van der Waals surface area contributed by atoms with E-state index in [2.05, 4.69) is 33.6 Å². The van der Waals surface area contributed by atoms with Gasteiger partial charge in [0.05, 0.1) is 12.2 Å². The number of aromatic nitrogens is 2. The van der Waals surface area contributed by atoms with Gasteiger partial charge in [-0.25, -0.2) is 9.97 Å². The van der Waals surface area contributed by atoms with E-state index < -0.39 is 0 Å². The summed E-state index contributed by atoms with van der Waals surface area (Å²) in [6, 6.07) is 13.2. The lowest BCUT2D eigenvalue weighted by atomic mass is 10.1. The van der Waals surface area contributed by atoms with E-state index in [1.54, 1.807) is 12.1 Å². The van der Waals surface area contributed by atoms with Gasteiger partial charge in [0.1, 0.15) is 5.75 Å². The monoisotopic (exact) mass is 362 g/mol. The Morgan fingerprint density at radius 1 is 1.04 bits per heavy atom. The highest BCUT2D eigenvalue weighted by atomic mass is 16.5. The summed E-state index contributed by atoms with van der Waals surface area (Å²) in [4.78, 5) is 20.8. The quantitative estimate of drug-likeness (QED) is 0.676. The number of carbonyl (C=O) groups excluding carboxylic acids is 1. The number of carbonyl (C=O) groups is 1. The molecule has 0 aliphatic carbocycles. The summed E-state index contributed by atoms with van der Waals surface area (Å²) in [5, 5.41) is 6.00. The van der Waals surface area contributed by atoms with E-state index in [1.807, 2.05) is 38.1 Å². The van der Waals surface area contributed by atoms with Crippen LogP contribution in [0.1, 0.15) is 28.4 Å². The number of hydrogen-bond donors (Lipinski definition) is 2. The van der Waals surface area contributed by atoms with Crippen molar-refractivity contribution in [3.05, 3.63) is 71.5 Å². The second-order valence-corrected chi connectivity index (χ2v) is 6.08. The summed E-state index contributed by atoms with van der Waals surface area (Å²) < 4.78 is 5.39. The number of anilines is 3. The number of ether oxygens (including phenoxy) is 1. The molecule has 0 spiro atoms. The molecule has 0 unspecified atom stereocenters. The van der Waals surface area contributed by atoms with Crippen molar-refractivity contribution in [3.63, 3.8) is 0 Å². The third-order valence-corrected chi connectivity index (χ3v) is 4.19. The van der Waals surface area contributed by atoms with Gasteiger partial charge in [0.15, 0.2) is 0 Å². The second-order valence-electron chi connectivity index (χ2n) is 6.08. The number of rotatable bonds is 6. The normalized spacial score (nSPS) is 10.3. The molecule has 1 aromatic heterocycles. The zero-order valence-corrected chi connectivity index (χ0v) is 15.6. The summed E-state index contributed by atoms with van der Waals surface area (Å²) in [6.45, 7) is 6.62. The molecule has 6 nitrogen and oxygen atoms in total. The van der Waals surface area contributed by atoms with Crippen LogP contribution in [0.25, 0.3) is 0 Å². The molecular formula is C21H22N4O2. The Morgan fingerprint density at radius 3 is 2.41 bits per heavy atom. The molecule has 27 heavy (non-hydrogen) atoms. The Kier molecular flexibility index (Phi) is 5.66. The first-order valence-corrected chi connectivity index (χ1v) is 8.76. The zero-order chi connectivity index (χ0) is 19.2. The first-order valence-electron chi connectivity index (χ1n) is 8.76. The van der Waals surface area contributed by atoms with Gasteiger partial charge in [0.25, 0.3) is 5.91 Å². The molecular weight excluding hydrogens is 340 g/mol. The Morgan fingerprint density at radius 2 is 1.74 bits per heavy atom. The molecule has 2 N–H and O–H groups in total. The lowest BCUT2D eigenvalue weighted by Gasteiger charge is -2.10. The van der Waals surface area contributed by atoms with Crippen molar-refractivity contribution in [1.82, 2.24) is 9.97 Å². The standard InChI is InChI=1S/C21H22N4O2/c1-4-27-18-10-8-17(9-11-18)24-20(26)16-12-22-21(23-13-16)25-19-7-5-6-14(2)15(19)3/h5-13H,4H2,1-3H3,(H,24,26)(H,22,23,25). The van der Waals surface area contributed by atoms with Crippen LogP contribution in [0.15, 0.2) is 54.9 Å². The smallest absolute Gasteiger partial charge is 0.258 e. The van der Waals surface area contributed by atoms with Crippen LogP contribution in [0.3, 0.4) is 0 Å². The van der Waals surface area contributed by atoms with Crippen molar-refractivity contribution >= 4 is 23.2 Å². The third kappa shape index (κ3) is 4.61. The fourth-order valence-electron chi connectivity index (χ4n) is 2.52. The predicted molar refractivity (Wildman–Crippen MR) is 107 cm³/mol. The van der Waals surface area contributed by atoms with E-state index in [0.29, 0.717) is 23.8 Å². The summed E-state index contributed by atoms with van der Waals surface area (Å²) in [5.74, 6) is 0.944. The molecule has 1 amide bonds. The van der Waals surface area contributed by atoms with Crippen LogP contribution >= 0.6 is 0 Å². The van der Waals surface area contributed by atoms with Crippen LogP contribution in [-0.2, 0) is 0 Å². The Bertz CT molecular complexity index is 922. The highest BCUT2D eigenvalue weighted by Crippen LogP contribution is 2.21. The summed E-state index contributed by atoms with van der Waals surface area (Å²) in [6.07, 6.45) is 3.01. The maximum absolute atomic E-state index is 12.4. The maximum Gasteiger partial charge on any atom is 0.258 e. The number of nitrogens with zero attached hydrogens (tertiary/aromatic N) is 2. The predicted octanol–water partition coefficient (Wildman–Crippen LogP) is 4.49. The van der Waals surface area contributed by atoms with Gasteiger partial charge in [-0.15, -0.1) is 0 Å². The minimum Gasteiger partial charge on any atom is -0.494 e. The molecule has 0 saturated carbocycles. The molecule has 2 aromatic carbocycles. The number of hydrogen-bond acceptors (Lipinski definition) is 5. The average Bonchev–Trinajstić information content (AvgIpc) is 2.68. The topological polar surface area (TPSA) is 76.1 Å². The van der Waals surface area contributed by atoms with Gasteiger partial charge in [-0.1, -0.05) is 12.1 Å². The van der Waals surface area contributed by atoms with Crippen molar-refractivity contribution in [3.8, 4) is 5.75 Å². The minimum absolute atomic E-state index is 0.266. The van der Waals surface area contributed by atoms with Gasteiger partial charge in [-0.3, -0.25) is 4.79 Å². The third-order valence-electron chi connectivity index (χ3n) is 4.19. The van der Waals surface area contributed by atoms with Crippen LogP contribution < -0.4 is 15.4 Å². The number of amides is 1. The van der Waals surface area contributed by atoms with Gasteiger partial charge in [0, 0.05) is 23.8 Å². The zero-order valence-electron chi connectivity index (χ0n) is 15.6. The maximum atomic E-state index is 12.4. The van der Waals surface area contributed by atoms with Crippen molar-refractivity contribution in [2.45, 2.75) is 20.8 Å². The fourth-order valence-corrected chi connectivity index (χ4v) is 2.52. The van der Waals surface area contributed by atoms with E-state index in [-0.39, 0.29) is 5.91 Å². The first-order chi connectivity index (χ1) is 13.1. The van der Waals surface area contributed by atoms with E-state index >= 15 is 0 Å². The number of nitrogens with one attached hydrogen (secondary N) is 2. The van der Waals surface area contributed by atoms with E-state index in [9.17, 15) is 4.79 Å². The highest BCUT2D eigenvalue weighted by molar-refractivity contribution is 6.03. The molecule has 0 fully saturated rings. The van der Waals surface area contributed by atoms with Gasteiger partial charge >= 0.3 is 0 Å². The first kappa shape index (κ1) is 18.4. The SMILES string of the molecule is CCOc1ccc(NC(=O)c2cnc(Nc3cccc(C)c3C)nc2)cc1. The summed E-state index contributed by atoms with van der Waals surface area (Å²) in [5.41, 5.74) is 4.34. The lowest BCUT2D eigenvalue weighted by molar-refractivity contribution is 0.102. The van der Waals surface area contributed by atoms with Crippen molar-refractivity contribution in [1.29, 1.82) is 0 Å². The van der Waals surface area contributed by atoms with Gasteiger partial charge in [-0.05, 0) is 62.2 Å². The molecule has 0 saturated heterocycles. The molecule has 0 aliphatic heterocycles. The van der Waals surface area contributed by atoms with Crippen molar-refractivity contribution < 1.29 is 9.53 Å². The average molecular weight is 362 g/mol. The molecule has 0 atom stereocenters. The van der Waals surface area contributed by atoms with E-state index in [1.165, 1.54) is 18.0 Å². The lowest BCUT2D eigenvalue weighted by Crippen LogP contribution is -2.13. The molecule has 0 aliphatic rings. The highest BCUT2D eigenvalue weighted by Gasteiger charge is 2.09. The Labute approximate surface area is 158 Å². The van der Waals surface area contributed by atoms with Gasteiger partial charge in [-0.2, -0.15) is 0 Å². The molecule has 3 aromatic rings. The fraction of sp³-hybridized carbons (Fsp3) is 0.190. The molecule has 6 heteroatoms. The molecule has 0 radical (unpaired) electrons. The number of benzene rings is 2.